The molecule has 1 aromatic carbocycles. The fourth-order valence-corrected chi connectivity index (χ4v) is 2.06. The molecule has 0 saturated carbocycles. The first-order chi connectivity index (χ1) is 9.66. The zero-order valence-electron chi connectivity index (χ0n) is 11.6. The van der Waals surface area contributed by atoms with Crippen molar-refractivity contribution in [1.29, 1.82) is 0 Å². The first-order valence-corrected chi connectivity index (χ1v) is 6.93. The van der Waals surface area contributed by atoms with E-state index in [2.05, 4.69) is 5.32 Å². The Morgan fingerprint density at radius 1 is 1.33 bits per heavy atom. The normalized spacial score (nSPS) is 13.3. The average Bonchev–Trinajstić information content (AvgIpc) is 2.37. The average molecular weight is 326 g/mol. The van der Waals surface area contributed by atoms with Crippen molar-refractivity contribution in [2.75, 3.05) is 5.88 Å². The van der Waals surface area contributed by atoms with Crippen LogP contribution in [0.15, 0.2) is 18.2 Å². The van der Waals surface area contributed by atoms with Crippen molar-refractivity contribution in [1.82, 2.24) is 5.32 Å². The molecule has 1 unspecified atom stereocenters. The van der Waals surface area contributed by atoms with Gasteiger partial charge in [-0.25, -0.2) is 4.39 Å². The van der Waals surface area contributed by atoms with Crippen molar-refractivity contribution < 1.29 is 22.4 Å². The highest BCUT2D eigenvalue weighted by Gasteiger charge is 2.34. The van der Waals surface area contributed by atoms with Crippen LogP contribution in [0.3, 0.4) is 0 Å². The second-order valence-corrected chi connectivity index (χ2v) is 5.37. The molecule has 0 aromatic heterocycles. The molecule has 2 nitrogen and oxygen atoms in total. The third kappa shape index (κ3) is 4.88. The lowest BCUT2D eigenvalue weighted by Gasteiger charge is -2.21. The van der Waals surface area contributed by atoms with Crippen molar-refractivity contribution in [2.45, 2.75) is 32.5 Å². The van der Waals surface area contributed by atoms with Crippen LogP contribution < -0.4 is 5.32 Å². The lowest BCUT2D eigenvalue weighted by molar-refractivity contribution is -0.140. The number of amides is 1. The molecule has 0 bridgehead atoms. The Hall–Kier alpha value is -1.30. The summed E-state index contributed by atoms with van der Waals surface area (Å²) in [5, 5.41) is 2.62. The predicted octanol–water partition coefficient (Wildman–Crippen LogP) is 4.23. The van der Waals surface area contributed by atoms with Crippen molar-refractivity contribution in [3.05, 3.63) is 35.1 Å². The Kier molecular flexibility index (Phi) is 6.01. The van der Waals surface area contributed by atoms with Crippen LogP contribution in [0.2, 0.25) is 0 Å². The van der Waals surface area contributed by atoms with Gasteiger partial charge in [0.1, 0.15) is 5.82 Å². The summed E-state index contributed by atoms with van der Waals surface area (Å²) < 4.78 is 51.0. The summed E-state index contributed by atoms with van der Waals surface area (Å²) in [7, 11) is 0. The minimum Gasteiger partial charge on any atom is -0.349 e. The Morgan fingerprint density at radius 2 is 1.95 bits per heavy atom. The Bertz CT molecular complexity index is 502. The van der Waals surface area contributed by atoms with Gasteiger partial charge in [-0.3, -0.25) is 4.79 Å². The summed E-state index contributed by atoms with van der Waals surface area (Å²) in [5.41, 5.74) is -1.68. The van der Waals surface area contributed by atoms with E-state index in [-0.39, 0.29) is 17.5 Å². The molecule has 0 saturated heterocycles. The van der Waals surface area contributed by atoms with Gasteiger partial charge in [0.15, 0.2) is 0 Å². The van der Waals surface area contributed by atoms with Gasteiger partial charge in [0.25, 0.3) is 5.91 Å². The zero-order valence-corrected chi connectivity index (χ0v) is 12.4. The van der Waals surface area contributed by atoms with E-state index in [1.807, 2.05) is 13.8 Å². The summed E-state index contributed by atoms with van der Waals surface area (Å²) in [6, 6.07) is 1.93. The summed E-state index contributed by atoms with van der Waals surface area (Å²) in [6.07, 6.45) is -4.34. The molecule has 21 heavy (non-hydrogen) atoms. The molecule has 118 valence electrons. The second-order valence-electron chi connectivity index (χ2n) is 4.99. The van der Waals surface area contributed by atoms with Gasteiger partial charge in [0.2, 0.25) is 0 Å². The molecule has 0 heterocycles. The minimum absolute atomic E-state index is 0.0789. The number of hydrogen-bond donors (Lipinski definition) is 1. The number of nitrogens with one attached hydrogen (secondary N) is 1. The van der Waals surface area contributed by atoms with E-state index in [1.54, 1.807) is 0 Å². The van der Waals surface area contributed by atoms with Gasteiger partial charge in [-0.1, -0.05) is 13.8 Å². The van der Waals surface area contributed by atoms with E-state index in [4.69, 9.17) is 11.6 Å². The van der Waals surface area contributed by atoms with Crippen LogP contribution in [0.4, 0.5) is 17.6 Å². The van der Waals surface area contributed by atoms with Gasteiger partial charge in [-0.15, -0.1) is 11.6 Å². The smallest absolute Gasteiger partial charge is 0.349 e. The van der Waals surface area contributed by atoms with E-state index >= 15 is 0 Å². The van der Waals surface area contributed by atoms with Crippen LogP contribution in [0.5, 0.6) is 0 Å². The molecule has 7 heteroatoms. The summed E-state index contributed by atoms with van der Waals surface area (Å²) in [6.45, 7) is 3.73. The number of carbonyl (C=O) groups is 1. The van der Waals surface area contributed by atoms with E-state index in [1.165, 1.54) is 0 Å². The Morgan fingerprint density at radius 3 is 2.43 bits per heavy atom. The van der Waals surface area contributed by atoms with Gasteiger partial charge in [0, 0.05) is 17.5 Å². The first kappa shape index (κ1) is 17.8. The number of hydrogen-bond acceptors (Lipinski definition) is 1. The fourth-order valence-electron chi connectivity index (χ4n) is 1.83. The van der Waals surface area contributed by atoms with Crippen LogP contribution in [0, 0.1) is 11.7 Å². The van der Waals surface area contributed by atoms with Crippen LogP contribution in [0.25, 0.3) is 0 Å². The summed E-state index contributed by atoms with van der Waals surface area (Å²) in [4.78, 5) is 12.0. The minimum atomic E-state index is -4.84. The van der Waals surface area contributed by atoms with E-state index in [0.717, 1.165) is 6.07 Å². The quantitative estimate of drug-likeness (QED) is 0.637. The zero-order chi connectivity index (χ0) is 16.2. The van der Waals surface area contributed by atoms with Crippen molar-refractivity contribution in [3.63, 3.8) is 0 Å². The fraction of sp³-hybridized carbons (Fsp3) is 0.500. The molecule has 0 fully saturated rings. The molecule has 0 spiro atoms. The molecule has 1 atom stereocenters. The first-order valence-electron chi connectivity index (χ1n) is 6.40. The molecular weight excluding hydrogens is 310 g/mol. The van der Waals surface area contributed by atoms with E-state index < -0.39 is 23.5 Å². The van der Waals surface area contributed by atoms with Gasteiger partial charge in [0.05, 0.1) is 5.56 Å². The summed E-state index contributed by atoms with van der Waals surface area (Å²) >= 11 is 5.63. The van der Waals surface area contributed by atoms with E-state index in [0.29, 0.717) is 24.4 Å². The molecule has 1 rings (SSSR count). The number of rotatable bonds is 5. The third-order valence-electron chi connectivity index (χ3n) is 3.08. The summed E-state index contributed by atoms with van der Waals surface area (Å²) in [5.74, 6) is -1.68. The monoisotopic (exact) mass is 325 g/mol. The van der Waals surface area contributed by atoms with Crippen LogP contribution >= 0.6 is 11.6 Å². The predicted molar refractivity (Wildman–Crippen MR) is 72.8 cm³/mol. The van der Waals surface area contributed by atoms with Crippen LogP contribution in [-0.4, -0.2) is 17.8 Å². The highest BCUT2D eigenvalue weighted by atomic mass is 35.5. The Labute approximate surface area is 125 Å². The highest BCUT2D eigenvalue weighted by molar-refractivity contribution is 6.17. The van der Waals surface area contributed by atoms with Crippen LogP contribution in [-0.2, 0) is 6.18 Å². The van der Waals surface area contributed by atoms with Gasteiger partial charge >= 0.3 is 6.18 Å². The number of carbonyl (C=O) groups excluding carboxylic acids is 1. The molecular formula is C14H16ClF4NO. The van der Waals surface area contributed by atoms with Crippen molar-refractivity contribution in [3.8, 4) is 0 Å². The maximum absolute atomic E-state index is 13.2. The number of alkyl halides is 4. The maximum Gasteiger partial charge on any atom is 0.419 e. The molecule has 1 amide bonds. The van der Waals surface area contributed by atoms with Crippen molar-refractivity contribution >= 4 is 17.5 Å². The topological polar surface area (TPSA) is 29.1 Å². The van der Waals surface area contributed by atoms with E-state index in [9.17, 15) is 22.4 Å². The third-order valence-corrected chi connectivity index (χ3v) is 3.29. The highest BCUT2D eigenvalue weighted by Crippen LogP contribution is 2.31. The SMILES string of the molecule is CC(C)C(CCCl)NC(=O)c1ccc(F)c(C(F)(F)F)c1. The Balaban J connectivity index is 2.98. The molecule has 0 aliphatic heterocycles. The van der Waals surface area contributed by atoms with Crippen LogP contribution in [0.1, 0.15) is 36.2 Å². The molecule has 0 radical (unpaired) electrons. The van der Waals surface area contributed by atoms with Gasteiger partial charge in [-0.05, 0) is 30.5 Å². The molecule has 1 N–H and O–H groups in total. The lowest BCUT2D eigenvalue weighted by atomic mass is 10.0. The van der Waals surface area contributed by atoms with Gasteiger partial charge < -0.3 is 5.32 Å². The second kappa shape index (κ2) is 7.11. The maximum atomic E-state index is 13.2. The molecule has 0 aliphatic rings. The lowest BCUT2D eigenvalue weighted by Crippen LogP contribution is -2.39. The standard InChI is InChI=1S/C14H16ClF4NO/c1-8(2)12(5-6-15)20-13(21)9-3-4-11(16)10(7-9)14(17,18)19/h3-4,7-8,12H,5-6H2,1-2H3,(H,20,21). The number of benzene rings is 1. The molecule has 1 aromatic rings. The van der Waals surface area contributed by atoms with Crippen molar-refractivity contribution in [2.24, 2.45) is 5.92 Å². The molecule has 0 aliphatic carbocycles. The number of halogens is 5. The largest absolute Gasteiger partial charge is 0.419 e. The van der Waals surface area contributed by atoms with Gasteiger partial charge in [-0.2, -0.15) is 13.2 Å².